The Kier molecular flexibility index (Phi) is 3.77. The predicted molar refractivity (Wildman–Crippen MR) is 72.3 cm³/mol. The summed E-state index contributed by atoms with van der Waals surface area (Å²) in [5, 5.41) is 8.04. The molecule has 2 aromatic rings. The lowest BCUT2D eigenvalue weighted by molar-refractivity contribution is 0.543. The minimum Gasteiger partial charge on any atom is -0.319 e. The summed E-state index contributed by atoms with van der Waals surface area (Å²) >= 11 is 0. The molecule has 18 heavy (non-hydrogen) atoms. The lowest BCUT2D eigenvalue weighted by Crippen LogP contribution is -2.17. The van der Waals surface area contributed by atoms with Gasteiger partial charge in [0.25, 0.3) is 0 Å². The Hall–Kier alpha value is -1.68. The maximum absolute atomic E-state index is 6.31. The molecule has 2 N–H and O–H groups in total. The smallest absolute Gasteiger partial charge is 0.0799 e. The van der Waals surface area contributed by atoms with Crippen LogP contribution in [0.4, 0.5) is 0 Å². The number of aromatic nitrogens is 3. The molecule has 0 aliphatic carbocycles. The monoisotopic (exact) mass is 244 g/mol. The first-order valence-corrected chi connectivity index (χ1v) is 6.34. The highest BCUT2D eigenvalue weighted by Gasteiger charge is 2.15. The third-order valence-corrected chi connectivity index (χ3v) is 3.29. The molecule has 0 saturated heterocycles. The Labute approximate surface area is 108 Å². The zero-order chi connectivity index (χ0) is 13.1. The van der Waals surface area contributed by atoms with Crippen LogP contribution in [0.5, 0.6) is 0 Å². The van der Waals surface area contributed by atoms with Gasteiger partial charge in [0.2, 0.25) is 0 Å². The highest BCUT2D eigenvalue weighted by molar-refractivity contribution is 5.34. The van der Waals surface area contributed by atoms with Gasteiger partial charge < -0.3 is 5.73 Å². The number of aryl methyl sites for hydroxylation is 3. The largest absolute Gasteiger partial charge is 0.319 e. The van der Waals surface area contributed by atoms with E-state index in [0.717, 1.165) is 24.2 Å². The number of benzene rings is 1. The van der Waals surface area contributed by atoms with E-state index in [1.807, 2.05) is 4.68 Å². The van der Waals surface area contributed by atoms with E-state index in [-0.39, 0.29) is 6.04 Å². The third kappa shape index (κ3) is 2.43. The fourth-order valence-electron chi connectivity index (χ4n) is 2.02. The summed E-state index contributed by atoms with van der Waals surface area (Å²) in [6.07, 6.45) is 2.78. The van der Waals surface area contributed by atoms with Crippen molar-refractivity contribution in [2.45, 2.75) is 39.8 Å². The number of nitrogens with two attached hydrogens (primary N) is 1. The van der Waals surface area contributed by atoms with Crippen LogP contribution in [0.25, 0.3) is 0 Å². The van der Waals surface area contributed by atoms with Crippen molar-refractivity contribution in [2.24, 2.45) is 5.73 Å². The Balaban J connectivity index is 2.32. The summed E-state index contributed by atoms with van der Waals surface area (Å²) < 4.78 is 1.89. The van der Waals surface area contributed by atoms with E-state index in [9.17, 15) is 0 Å². The van der Waals surface area contributed by atoms with Crippen molar-refractivity contribution in [1.29, 1.82) is 0 Å². The van der Waals surface area contributed by atoms with E-state index in [1.165, 1.54) is 11.1 Å². The molecule has 1 atom stereocenters. The van der Waals surface area contributed by atoms with Crippen molar-refractivity contribution < 1.29 is 0 Å². The fraction of sp³-hybridized carbons (Fsp3) is 0.429. The molecule has 0 bridgehead atoms. The zero-order valence-corrected chi connectivity index (χ0v) is 11.2. The summed E-state index contributed by atoms with van der Waals surface area (Å²) in [5.74, 6) is 0. The maximum Gasteiger partial charge on any atom is 0.0799 e. The van der Waals surface area contributed by atoms with Gasteiger partial charge in [0, 0.05) is 6.54 Å². The summed E-state index contributed by atoms with van der Waals surface area (Å²) in [6.45, 7) is 7.18. The summed E-state index contributed by atoms with van der Waals surface area (Å²) in [4.78, 5) is 0. The molecule has 4 heteroatoms. The van der Waals surface area contributed by atoms with Gasteiger partial charge in [-0.3, -0.25) is 0 Å². The first-order valence-electron chi connectivity index (χ1n) is 6.34. The minimum absolute atomic E-state index is 0.161. The van der Waals surface area contributed by atoms with E-state index in [2.05, 4.69) is 49.3 Å². The van der Waals surface area contributed by atoms with Crippen LogP contribution in [0.3, 0.4) is 0 Å². The van der Waals surface area contributed by atoms with Crippen molar-refractivity contribution in [2.75, 3.05) is 0 Å². The Morgan fingerprint density at radius 3 is 2.72 bits per heavy atom. The SMILES string of the molecule is CCCn1nncc1C(N)c1ccc(C)c(C)c1. The first-order chi connectivity index (χ1) is 8.63. The van der Waals surface area contributed by atoms with Crippen LogP contribution in [0.15, 0.2) is 24.4 Å². The molecule has 0 spiro atoms. The second kappa shape index (κ2) is 5.31. The minimum atomic E-state index is -0.161. The summed E-state index contributed by atoms with van der Waals surface area (Å²) in [7, 11) is 0. The van der Waals surface area contributed by atoms with Crippen molar-refractivity contribution >= 4 is 0 Å². The molecule has 96 valence electrons. The van der Waals surface area contributed by atoms with Crippen LogP contribution in [-0.2, 0) is 6.54 Å². The maximum atomic E-state index is 6.31. The topological polar surface area (TPSA) is 56.7 Å². The zero-order valence-electron chi connectivity index (χ0n) is 11.2. The van der Waals surface area contributed by atoms with Gasteiger partial charge in [-0.2, -0.15) is 0 Å². The van der Waals surface area contributed by atoms with E-state index < -0.39 is 0 Å². The van der Waals surface area contributed by atoms with Crippen LogP contribution in [-0.4, -0.2) is 15.0 Å². The van der Waals surface area contributed by atoms with E-state index in [1.54, 1.807) is 6.20 Å². The second-order valence-electron chi connectivity index (χ2n) is 4.70. The number of nitrogens with zero attached hydrogens (tertiary/aromatic N) is 3. The van der Waals surface area contributed by atoms with Crippen LogP contribution < -0.4 is 5.73 Å². The molecule has 0 fully saturated rings. The van der Waals surface area contributed by atoms with Crippen LogP contribution >= 0.6 is 0 Å². The van der Waals surface area contributed by atoms with Crippen molar-refractivity contribution in [3.8, 4) is 0 Å². The van der Waals surface area contributed by atoms with E-state index in [4.69, 9.17) is 5.73 Å². The summed E-state index contributed by atoms with van der Waals surface area (Å²) in [6, 6.07) is 6.17. The first kappa shape index (κ1) is 12.8. The lowest BCUT2D eigenvalue weighted by Gasteiger charge is -2.14. The Morgan fingerprint density at radius 2 is 2.06 bits per heavy atom. The third-order valence-electron chi connectivity index (χ3n) is 3.29. The molecular formula is C14H20N4. The molecule has 4 nitrogen and oxygen atoms in total. The normalized spacial score (nSPS) is 12.7. The van der Waals surface area contributed by atoms with Crippen LogP contribution in [0.1, 0.15) is 41.8 Å². The van der Waals surface area contributed by atoms with Crippen molar-refractivity contribution in [1.82, 2.24) is 15.0 Å². The standard InChI is InChI=1S/C14H20N4/c1-4-7-18-13(9-16-17-18)14(15)12-6-5-10(2)11(3)8-12/h5-6,8-9,14H,4,7,15H2,1-3H3. The van der Waals surface area contributed by atoms with Crippen molar-refractivity contribution in [3.05, 3.63) is 46.8 Å². The van der Waals surface area contributed by atoms with Crippen LogP contribution in [0, 0.1) is 13.8 Å². The quantitative estimate of drug-likeness (QED) is 0.898. The van der Waals surface area contributed by atoms with Gasteiger partial charge in [0.05, 0.1) is 17.9 Å². The average molecular weight is 244 g/mol. The number of rotatable bonds is 4. The van der Waals surface area contributed by atoms with Gasteiger partial charge in [-0.1, -0.05) is 30.3 Å². The second-order valence-corrected chi connectivity index (χ2v) is 4.70. The molecule has 1 heterocycles. The summed E-state index contributed by atoms with van der Waals surface area (Å²) in [5.41, 5.74) is 10.9. The number of hydrogen-bond donors (Lipinski definition) is 1. The molecule has 2 rings (SSSR count). The van der Waals surface area contributed by atoms with E-state index >= 15 is 0 Å². The van der Waals surface area contributed by atoms with Gasteiger partial charge in [0.1, 0.15) is 0 Å². The van der Waals surface area contributed by atoms with Gasteiger partial charge in [0.15, 0.2) is 0 Å². The van der Waals surface area contributed by atoms with Gasteiger partial charge >= 0.3 is 0 Å². The van der Waals surface area contributed by atoms with Gasteiger partial charge in [-0.05, 0) is 37.0 Å². The molecule has 1 aromatic heterocycles. The molecule has 0 amide bonds. The molecule has 1 aromatic carbocycles. The van der Waals surface area contributed by atoms with Crippen LogP contribution in [0.2, 0.25) is 0 Å². The van der Waals surface area contributed by atoms with Crippen molar-refractivity contribution in [3.63, 3.8) is 0 Å². The molecular weight excluding hydrogens is 224 g/mol. The molecule has 1 unspecified atom stereocenters. The molecule has 0 aliphatic rings. The average Bonchev–Trinajstić information content (AvgIpc) is 2.80. The fourth-order valence-corrected chi connectivity index (χ4v) is 2.02. The van der Waals surface area contributed by atoms with E-state index in [0.29, 0.717) is 0 Å². The molecule has 0 saturated carbocycles. The lowest BCUT2D eigenvalue weighted by atomic mass is 10.00. The Morgan fingerprint density at radius 1 is 1.28 bits per heavy atom. The van der Waals surface area contributed by atoms with Gasteiger partial charge in [-0.15, -0.1) is 5.10 Å². The number of hydrogen-bond acceptors (Lipinski definition) is 3. The highest BCUT2D eigenvalue weighted by Crippen LogP contribution is 2.21. The molecule has 0 aliphatic heterocycles. The molecule has 0 radical (unpaired) electrons. The Bertz CT molecular complexity index is 530. The van der Waals surface area contributed by atoms with Gasteiger partial charge in [-0.25, -0.2) is 4.68 Å². The highest BCUT2D eigenvalue weighted by atomic mass is 15.4. The predicted octanol–water partition coefficient (Wildman–Crippen LogP) is 2.35.